The number of carbonyl (C=O) groups excluding carboxylic acids is 2. The maximum Gasteiger partial charge on any atom is 0.414 e. The number of halogens is 2. The van der Waals surface area contributed by atoms with E-state index in [0.29, 0.717) is 54.5 Å². The summed E-state index contributed by atoms with van der Waals surface area (Å²) >= 11 is 6.48. The van der Waals surface area contributed by atoms with Gasteiger partial charge in [0.2, 0.25) is 8.41 Å². The highest BCUT2D eigenvalue weighted by Crippen LogP contribution is 2.60. The van der Waals surface area contributed by atoms with E-state index < -0.39 is 31.6 Å². The van der Waals surface area contributed by atoms with Crippen LogP contribution in [-0.4, -0.2) is 66.4 Å². The minimum Gasteiger partial charge on any atom is -0.447 e. The van der Waals surface area contributed by atoms with Gasteiger partial charge in [0.25, 0.3) is 5.91 Å². The highest BCUT2D eigenvalue weighted by molar-refractivity contribution is 6.72. The molecule has 0 saturated carbocycles. The molecule has 3 aromatic rings. The van der Waals surface area contributed by atoms with Gasteiger partial charge in [-0.3, -0.25) is 14.4 Å². The van der Waals surface area contributed by atoms with E-state index in [4.69, 9.17) is 21.1 Å². The minimum atomic E-state index is -3.32. The SMILES string of the molecule is C[C@H]1[C@H]([Si](C)(C)F)[C@@H](CCn2cc(CCO)nn2)O[C@]12C(=O)N(Cc1ccc(N3CCOC3=O)cc1)c1ccc(Cl)cc12. The topological polar surface area (TPSA) is 110 Å². The molecule has 1 spiro atoms. The van der Waals surface area contributed by atoms with Gasteiger partial charge >= 0.3 is 6.09 Å². The van der Waals surface area contributed by atoms with Gasteiger partial charge in [-0.1, -0.05) is 35.9 Å². The number of hydrogen-bond acceptors (Lipinski definition) is 7. The fourth-order valence-electron chi connectivity index (χ4n) is 6.97. The molecule has 3 aliphatic rings. The molecule has 6 rings (SSSR count). The number of aryl methyl sites for hydroxylation is 1. The third-order valence-corrected chi connectivity index (χ3v) is 11.6. The van der Waals surface area contributed by atoms with E-state index in [2.05, 4.69) is 10.3 Å². The molecule has 10 nitrogen and oxygen atoms in total. The van der Waals surface area contributed by atoms with Crippen LogP contribution in [0, 0.1) is 5.92 Å². The van der Waals surface area contributed by atoms with Gasteiger partial charge in [0, 0.05) is 53.5 Å². The number of benzene rings is 2. The summed E-state index contributed by atoms with van der Waals surface area (Å²) in [6.07, 6.45) is 1.72. The Balaban J connectivity index is 1.30. The molecule has 1 N–H and O–H groups in total. The van der Waals surface area contributed by atoms with Crippen LogP contribution in [0.3, 0.4) is 0 Å². The quantitative estimate of drug-likeness (QED) is 0.267. The smallest absolute Gasteiger partial charge is 0.414 e. The number of hydrogen-bond donors (Lipinski definition) is 1. The van der Waals surface area contributed by atoms with Gasteiger partial charge in [0.15, 0.2) is 5.60 Å². The summed E-state index contributed by atoms with van der Waals surface area (Å²) in [5.41, 5.74) is 1.79. The van der Waals surface area contributed by atoms with Crippen molar-refractivity contribution in [3.8, 4) is 0 Å². The zero-order valence-electron chi connectivity index (χ0n) is 24.4. The molecule has 4 heterocycles. The van der Waals surface area contributed by atoms with E-state index in [1.165, 1.54) is 0 Å². The van der Waals surface area contributed by atoms with Crippen LogP contribution in [0.4, 0.5) is 20.3 Å². The Kier molecular flexibility index (Phi) is 7.82. The lowest BCUT2D eigenvalue weighted by atomic mass is 9.82. The molecule has 1 aromatic heterocycles. The summed E-state index contributed by atoms with van der Waals surface area (Å²) in [6, 6.07) is 12.8. The molecular formula is C30H35ClFN5O5Si. The van der Waals surface area contributed by atoms with Crippen molar-refractivity contribution in [1.82, 2.24) is 15.0 Å². The second kappa shape index (κ2) is 11.3. The zero-order valence-corrected chi connectivity index (χ0v) is 26.1. The molecule has 13 heteroatoms. The van der Waals surface area contributed by atoms with E-state index >= 15 is 4.11 Å². The van der Waals surface area contributed by atoms with Crippen LogP contribution in [0.5, 0.6) is 0 Å². The summed E-state index contributed by atoms with van der Waals surface area (Å²) in [6.45, 7) is 6.80. The van der Waals surface area contributed by atoms with Gasteiger partial charge < -0.3 is 23.6 Å². The Morgan fingerprint density at radius 2 is 1.95 bits per heavy atom. The normalized spacial score (nSPS) is 25.2. The third-order valence-electron chi connectivity index (χ3n) is 8.87. The molecule has 0 unspecified atom stereocenters. The van der Waals surface area contributed by atoms with Crippen molar-refractivity contribution in [3.05, 3.63) is 70.5 Å². The largest absolute Gasteiger partial charge is 0.447 e. The minimum absolute atomic E-state index is 0.0218. The molecule has 0 radical (unpaired) electrons. The van der Waals surface area contributed by atoms with Crippen molar-refractivity contribution in [2.24, 2.45) is 5.92 Å². The molecule has 0 bridgehead atoms. The predicted octanol–water partition coefficient (Wildman–Crippen LogP) is 4.84. The van der Waals surface area contributed by atoms with Crippen LogP contribution >= 0.6 is 11.6 Å². The number of aliphatic hydroxyl groups excluding tert-OH is 1. The van der Waals surface area contributed by atoms with Crippen molar-refractivity contribution in [2.75, 3.05) is 29.6 Å². The van der Waals surface area contributed by atoms with Gasteiger partial charge in [0.1, 0.15) is 6.61 Å². The molecule has 4 atom stereocenters. The van der Waals surface area contributed by atoms with E-state index in [9.17, 15) is 14.7 Å². The Morgan fingerprint density at radius 1 is 1.19 bits per heavy atom. The molecule has 43 heavy (non-hydrogen) atoms. The average molecular weight is 628 g/mol. The highest BCUT2D eigenvalue weighted by Gasteiger charge is 2.66. The maximum atomic E-state index is 16.1. The van der Waals surface area contributed by atoms with Crippen LogP contribution in [-0.2, 0) is 39.4 Å². The third kappa shape index (κ3) is 5.24. The van der Waals surface area contributed by atoms with Crippen LogP contribution in [0.2, 0.25) is 23.7 Å². The Bertz CT molecular complexity index is 1530. The van der Waals surface area contributed by atoms with E-state index in [1.807, 2.05) is 37.3 Å². The zero-order chi connectivity index (χ0) is 30.5. The summed E-state index contributed by atoms with van der Waals surface area (Å²) in [5, 5.41) is 17.9. The first kappa shape index (κ1) is 29.7. The van der Waals surface area contributed by atoms with E-state index in [0.717, 1.165) is 11.3 Å². The maximum absolute atomic E-state index is 16.1. The monoisotopic (exact) mass is 627 g/mol. The van der Waals surface area contributed by atoms with Crippen LogP contribution < -0.4 is 9.80 Å². The van der Waals surface area contributed by atoms with Gasteiger partial charge in [-0.15, -0.1) is 5.10 Å². The molecule has 3 aliphatic heterocycles. The standard InChI is InChI=1S/C30H35ClFN5O5Si/c1-19-27(43(2,3)32)26(10-12-35-18-22(11-14-38)33-34-35)42-30(19)24-16-21(31)6-9-25(24)37(28(30)39)17-20-4-7-23(8-5-20)36-13-15-41-29(36)40/h4-9,16,18-19,26-27,38H,10-15,17H2,1-3H3/t19-,26+,27-,30+/m0/s1. The van der Waals surface area contributed by atoms with Gasteiger partial charge in [-0.2, -0.15) is 0 Å². The highest BCUT2D eigenvalue weighted by atomic mass is 35.5. The van der Waals surface area contributed by atoms with Crippen molar-refractivity contribution in [2.45, 2.75) is 63.2 Å². The number of carbonyl (C=O) groups is 2. The fraction of sp³-hybridized carbons (Fsp3) is 0.467. The van der Waals surface area contributed by atoms with Gasteiger partial charge in [-0.05, 0) is 55.4 Å². The number of ether oxygens (including phenoxy) is 2. The number of anilines is 2. The van der Waals surface area contributed by atoms with Crippen molar-refractivity contribution in [1.29, 1.82) is 0 Å². The lowest BCUT2D eigenvalue weighted by Gasteiger charge is -2.31. The second-order valence-corrected chi connectivity index (χ2v) is 16.2. The number of rotatable bonds is 9. The molecule has 228 valence electrons. The Labute approximate surface area is 255 Å². The lowest BCUT2D eigenvalue weighted by molar-refractivity contribution is -0.146. The molecule has 2 amide bonds. The van der Waals surface area contributed by atoms with Crippen LogP contribution in [0.25, 0.3) is 0 Å². The molecule has 2 fully saturated rings. The first-order chi connectivity index (χ1) is 20.5. The van der Waals surface area contributed by atoms with Crippen molar-refractivity contribution >= 4 is 43.4 Å². The molecule has 2 saturated heterocycles. The number of nitrogens with zero attached hydrogens (tertiary/aromatic N) is 5. The van der Waals surface area contributed by atoms with E-state index in [-0.39, 0.29) is 25.2 Å². The van der Waals surface area contributed by atoms with E-state index in [1.54, 1.807) is 45.9 Å². The summed E-state index contributed by atoms with van der Waals surface area (Å²) in [7, 11) is -3.32. The molecule has 2 aromatic carbocycles. The predicted molar refractivity (Wildman–Crippen MR) is 161 cm³/mol. The van der Waals surface area contributed by atoms with Crippen molar-refractivity contribution in [3.63, 3.8) is 0 Å². The average Bonchev–Trinajstić information content (AvgIpc) is 3.71. The first-order valence-electron chi connectivity index (χ1n) is 14.5. The number of cyclic esters (lactones) is 1. The van der Waals surface area contributed by atoms with Gasteiger partial charge in [-0.25, -0.2) is 4.79 Å². The number of aromatic nitrogens is 3. The summed E-state index contributed by atoms with van der Waals surface area (Å²) in [5.74, 6) is -0.677. The second-order valence-electron chi connectivity index (χ2n) is 12.0. The lowest BCUT2D eigenvalue weighted by Crippen LogP contribution is -2.45. The number of fused-ring (bicyclic) bond motifs is 2. The summed E-state index contributed by atoms with van der Waals surface area (Å²) < 4.78 is 29.6. The van der Waals surface area contributed by atoms with Crippen molar-refractivity contribution < 1.29 is 28.3 Å². The first-order valence-corrected chi connectivity index (χ1v) is 17.9. The van der Waals surface area contributed by atoms with Crippen LogP contribution in [0.1, 0.15) is 30.2 Å². The van der Waals surface area contributed by atoms with Gasteiger partial charge in [0.05, 0.1) is 30.6 Å². The number of amides is 2. The molecular weight excluding hydrogens is 593 g/mol. The summed E-state index contributed by atoms with van der Waals surface area (Å²) in [4.78, 5) is 29.8. The number of aliphatic hydroxyl groups is 1. The Hall–Kier alpha value is -3.32. The fourth-order valence-corrected chi connectivity index (χ4v) is 9.69. The molecule has 0 aliphatic carbocycles. The van der Waals surface area contributed by atoms with Crippen LogP contribution in [0.15, 0.2) is 48.7 Å². The Morgan fingerprint density at radius 3 is 2.63 bits per heavy atom.